The van der Waals surface area contributed by atoms with Crippen LogP contribution in [0, 0.1) is 11.8 Å². The molecular formula is C14H26O3. The Bertz CT molecular complexity index is 222. The predicted octanol–water partition coefficient (Wildman–Crippen LogP) is 3.36. The van der Waals surface area contributed by atoms with Gasteiger partial charge in [-0.05, 0) is 18.3 Å². The van der Waals surface area contributed by atoms with Crippen LogP contribution in [0.4, 0.5) is 0 Å². The van der Waals surface area contributed by atoms with E-state index < -0.39 is 6.10 Å². The van der Waals surface area contributed by atoms with Crippen LogP contribution in [0.2, 0.25) is 0 Å². The van der Waals surface area contributed by atoms with E-state index in [-0.39, 0.29) is 11.9 Å². The fraction of sp³-hybridized carbons (Fsp3) is 0.857. The molecule has 0 N–H and O–H groups in total. The molecule has 0 heterocycles. The number of hydrogen-bond donors (Lipinski definition) is 0. The van der Waals surface area contributed by atoms with Crippen molar-refractivity contribution in [1.29, 1.82) is 0 Å². The smallest absolute Gasteiger partial charge is 0.306 e. The molecule has 0 amide bonds. The maximum Gasteiger partial charge on any atom is 0.306 e. The Morgan fingerprint density at radius 1 is 1.12 bits per heavy atom. The number of hydrogen-bond acceptors (Lipinski definition) is 3. The number of esters is 1. The zero-order chi connectivity index (χ0) is 13.3. The molecular weight excluding hydrogens is 216 g/mol. The van der Waals surface area contributed by atoms with Crippen molar-refractivity contribution in [2.45, 2.75) is 65.9 Å². The molecule has 0 fully saturated rings. The predicted molar refractivity (Wildman–Crippen MR) is 68.7 cm³/mol. The second-order valence-electron chi connectivity index (χ2n) is 5.33. The summed E-state index contributed by atoms with van der Waals surface area (Å²) in [5.41, 5.74) is 0. The topological polar surface area (TPSA) is 43.4 Å². The highest BCUT2D eigenvalue weighted by molar-refractivity contribution is 5.72. The molecule has 3 heteroatoms. The van der Waals surface area contributed by atoms with E-state index >= 15 is 0 Å². The van der Waals surface area contributed by atoms with Crippen LogP contribution in [0.15, 0.2) is 0 Å². The number of aldehydes is 1. The quantitative estimate of drug-likeness (QED) is 0.354. The molecule has 0 aromatic rings. The minimum absolute atomic E-state index is 0.0531. The van der Waals surface area contributed by atoms with Crippen LogP contribution in [0.3, 0.4) is 0 Å². The fourth-order valence-corrected chi connectivity index (χ4v) is 1.53. The molecule has 0 aliphatic heterocycles. The van der Waals surface area contributed by atoms with Crippen LogP contribution >= 0.6 is 0 Å². The Hall–Kier alpha value is -0.860. The molecule has 0 saturated heterocycles. The van der Waals surface area contributed by atoms with Crippen LogP contribution in [0.25, 0.3) is 0 Å². The lowest BCUT2D eigenvalue weighted by Gasteiger charge is -2.15. The van der Waals surface area contributed by atoms with Crippen molar-refractivity contribution in [3.63, 3.8) is 0 Å². The minimum atomic E-state index is -0.585. The van der Waals surface area contributed by atoms with E-state index in [0.717, 1.165) is 25.2 Å². The van der Waals surface area contributed by atoms with Gasteiger partial charge in [-0.25, -0.2) is 0 Å². The molecule has 0 aromatic carbocycles. The summed E-state index contributed by atoms with van der Waals surface area (Å²) in [6.07, 6.45) is 4.83. The van der Waals surface area contributed by atoms with Crippen molar-refractivity contribution >= 4 is 12.3 Å². The van der Waals surface area contributed by atoms with Gasteiger partial charge in [-0.2, -0.15) is 0 Å². The summed E-state index contributed by atoms with van der Waals surface area (Å²) in [5.74, 6) is 0.528. The Balaban J connectivity index is 3.62. The largest absolute Gasteiger partial charge is 0.454 e. The van der Waals surface area contributed by atoms with E-state index in [1.807, 2.05) is 13.8 Å². The standard InChI is InChI=1S/C14H26O3/c1-11(2)8-6-5-7-9-14(16)17-13(10-15)12(3)4/h10-13H,5-9H2,1-4H3. The number of ether oxygens (including phenoxy) is 1. The highest BCUT2D eigenvalue weighted by Crippen LogP contribution is 2.11. The molecule has 3 nitrogen and oxygen atoms in total. The van der Waals surface area contributed by atoms with Crippen molar-refractivity contribution < 1.29 is 14.3 Å². The summed E-state index contributed by atoms with van der Waals surface area (Å²) in [7, 11) is 0. The zero-order valence-corrected chi connectivity index (χ0v) is 11.6. The van der Waals surface area contributed by atoms with Gasteiger partial charge in [-0.3, -0.25) is 9.59 Å². The van der Waals surface area contributed by atoms with Crippen LogP contribution in [0.1, 0.15) is 59.8 Å². The fourth-order valence-electron chi connectivity index (χ4n) is 1.53. The van der Waals surface area contributed by atoms with Gasteiger partial charge in [-0.15, -0.1) is 0 Å². The highest BCUT2D eigenvalue weighted by Gasteiger charge is 2.16. The lowest BCUT2D eigenvalue weighted by molar-refractivity contribution is -0.154. The van der Waals surface area contributed by atoms with E-state index in [4.69, 9.17) is 4.74 Å². The average molecular weight is 242 g/mol. The Morgan fingerprint density at radius 3 is 2.24 bits per heavy atom. The van der Waals surface area contributed by atoms with E-state index in [9.17, 15) is 9.59 Å². The number of carbonyl (C=O) groups is 2. The molecule has 1 unspecified atom stereocenters. The molecule has 0 aliphatic rings. The minimum Gasteiger partial charge on any atom is -0.454 e. The van der Waals surface area contributed by atoms with Crippen LogP contribution < -0.4 is 0 Å². The van der Waals surface area contributed by atoms with E-state index in [2.05, 4.69) is 13.8 Å². The van der Waals surface area contributed by atoms with Gasteiger partial charge in [0.15, 0.2) is 12.4 Å². The van der Waals surface area contributed by atoms with Gasteiger partial charge in [0, 0.05) is 6.42 Å². The van der Waals surface area contributed by atoms with Gasteiger partial charge < -0.3 is 4.74 Å². The molecule has 1 atom stereocenters. The molecule has 0 spiro atoms. The Morgan fingerprint density at radius 2 is 1.76 bits per heavy atom. The SMILES string of the molecule is CC(C)CCCCCC(=O)OC(C=O)C(C)C. The molecule has 100 valence electrons. The molecule has 0 radical (unpaired) electrons. The normalized spacial score (nSPS) is 12.8. The first kappa shape index (κ1) is 16.1. The second kappa shape index (κ2) is 9.20. The first-order valence-corrected chi connectivity index (χ1v) is 6.62. The maximum absolute atomic E-state index is 11.4. The van der Waals surface area contributed by atoms with E-state index in [1.54, 1.807) is 0 Å². The number of carbonyl (C=O) groups excluding carboxylic acids is 2. The van der Waals surface area contributed by atoms with Crippen LogP contribution in [-0.4, -0.2) is 18.4 Å². The molecule has 0 bridgehead atoms. The highest BCUT2D eigenvalue weighted by atomic mass is 16.5. The van der Waals surface area contributed by atoms with Crippen molar-refractivity contribution in [2.24, 2.45) is 11.8 Å². The van der Waals surface area contributed by atoms with Crippen molar-refractivity contribution in [2.75, 3.05) is 0 Å². The lowest BCUT2D eigenvalue weighted by atomic mass is 10.0. The summed E-state index contributed by atoms with van der Waals surface area (Å²) < 4.78 is 5.08. The van der Waals surface area contributed by atoms with E-state index in [1.165, 1.54) is 6.42 Å². The van der Waals surface area contributed by atoms with Gasteiger partial charge in [-0.1, -0.05) is 47.0 Å². The summed E-state index contributed by atoms with van der Waals surface area (Å²) in [5, 5.41) is 0. The first-order valence-electron chi connectivity index (χ1n) is 6.62. The number of unbranched alkanes of at least 4 members (excludes halogenated alkanes) is 2. The molecule has 0 rings (SSSR count). The third-order valence-corrected chi connectivity index (χ3v) is 2.72. The lowest BCUT2D eigenvalue weighted by Crippen LogP contribution is -2.24. The third-order valence-electron chi connectivity index (χ3n) is 2.72. The van der Waals surface area contributed by atoms with Crippen molar-refractivity contribution in [3.8, 4) is 0 Å². The first-order chi connectivity index (χ1) is 7.97. The molecule has 17 heavy (non-hydrogen) atoms. The van der Waals surface area contributed by atoms with Gasteiger partial charge in [0.05, 0.1) is 0 Å². The third kappa shape index (κ3) is 8.90. The monoisotopic (exact) mass is 242 g/mol. The molecule has 0 aromatic heterocycles. The maximum atomic E-state index is 11.4. The van der Waals surface area contributed by atoms with Gasteiger partial charge >= 0.3 is 5.97 Å². The zero-order valence-electron chi connectivity index (χ0n) is 11.6. The summed E-state index contributed by atoms with van der Waals surface area (Å²) in [4.78, 5) is 22.1. The van der Waals surface area contributed by atoms with Crippen molar-refractivity contribution in [1.82, 2.24) is 0 Å². The van der Waals surface area contributed by atoms with Gasteiger partial charge in [0.25, 0.3) is 0 Å². The summed E-state index contributed by atoms with van der Waals surface area (Å²) in [6.45, 7) is 8.14. The Kier molecular flexibility index (Phi) is 8.73. The van der Waals surface area contributed by atoms with Crippen molar-refractivity contribution in [3.05, 3.63) is 0 Å². The van der Waals surface area contributed by atoms with Crippen LogP contribution in [-0.2, 0) is 14.3 Å². The number of rotatable bonds is 9. The van der Waals surface area contributed by atoms with Gasteiger partial charge in [0.1, 0.15) is 0 Å². The molecule has 0 saturated carbocycles. The van der Waals surface area contributed by atoms with Crippen LogP contribution in [0.5, 0.6) is 0 Å². The molecule has 0 aliphatic carbocycles. The van der Waals surface area contributed by atoms with E-state index in [0.29, 0.717) is 12.7 Å². The Labute approximate surface area is 105 Å². The second-order valence-corrected chi connectivity index (χ2v) is 5.33. The summed E-state index contributed by atoms with van der Waals surface area (Å²) in [6, 6.07) is 0. The van der Waals surface area contributed by atoms with Gasteiger partial charge in [0.2, 0.25) is 0 Å². The average Bonchev–Trinajstić information content (AvgIpc) is 2.24. The summed E-state index contributed by atoms with van der Waals surface area (Å²) >= 11 is 0.